The second-order valence-corrected chi connectivity index (χ2v) is 4.37. The Morgan fingerprint density at radius 2 is 1.86 bits per heavy atom. The summed E-state index contributed by atoms with van der Waals surface area (Å²) in [6, 6.07) is 10.7. The zero-order chi connectivity index (χ0) is 9.97. The lowest BCUT2D eigenvalue weighted by Gasteiger charge is -1.97. The van der Waals surface area contributed by atoms with Gasteiger partial charge in [0.25, 0.3) is 0 Å². The first-order valence-corrected chi connectivity index (χ1v) is 5.52. The lowest BCUT2D eigenvalue weighted by atomic mass is 10.1. The molecule has 0 aliphatic heterocycles. The molecule has 1 aromatic carbocycles. The van der Waals surface area contributed by atoms with Crippen LogP contribution in [0.15, 0.2) is 35.7 Å². The van der Waals surface area contributed by atoms with E-state index in [-0.39, 0.29) is 0 Å². The molecule has 0 bridgehead atoms. The maximum atomic E-state index is 5.58. The number of hydrogen-bond donors (Lipinski definition) is 1. The molecule has 2 rings (SSSR count). The van der Waals surface area contributed by atoms with E-state index >= 15 is 0 Å². The van der Waals surface area contributed by atoms with Crippen molar-refractivity contribution in [3.05, 3.63) is 46.2 Å². The van der Waals surface area contributed by atoms with Crippen LogP contribution in [-0.2, 0) is 6.54 Å². The van der Waals surface area contributed by atoms with Gasteiger partial charge in [0.05, 0.1) is 0 Å². The predicted molar refractivity (Wildman–Crippen MR) is 62.4 cm³/mol. The normalized spacial score (nSPS) is 10.4. The number of rotatable bonds is 2. The number of benzene rings is 1. The van der Waals surface area contributed by atoms with Gasteiger partial charge >= 0.3 is 0 Å². The van der Waals surface area contributed by atoms with E-state index in [4.69, 9.17) is 5.73 Å². The fourth-order valence-electron chi connectivity index (χ4n) is 1.39. The minimum atomic E-state index is 0.635. The Kier molecular flexibility index (Phi) is 2.66. The third-order valence-corrected chi connectivity index (χ3v) is 3.20. The molecular weight excluding hydrogens is 190 g/mol. The van der Waals surface area contributed by atoms with E-state index in [2.05, 4.69) is 42.6 Å². The van der Waals surface area contributed by atoms with Crippen LogP contribution in [-0.4, -0.2) is 0 Å². The molecule has 0 aliphatic rings. The highest BCUT2D eigenvalue weighted by Crippen LogP contribution is 2.25. The van der Waals surface area contributed by atoms with Crippen molar-refractivity contribution in [1.29, 1.82) is 0 Å². The highest BCUT2D eigenvalue weighted by molar-refractivity contribution is 7.10. The van der Waals surface area contributed by atoms with Gasteiger partial charge in [0, 0.05) is 11.4 Å². The first-order chi connectivity index (χ1) is 6.79. The molecule has 0 unspecified atom stereocenters. The summed E-state index contributed by atoms with van der Waals surface area (Å²) in [5.41, 5.74) is 9.41. The minimum Gasteiger partial charge on any atom is -0.326 e. The van der Waals surface area contributed by atoms with Crippen molar-refractivity contribution in [2.75, 3.05) is 0 Å². The summed E-state index contributed by atoms with van der Waals surface area (Å²) in [4.78, 5) is 1.24. The van der Waals surface area contributed by atoms with Gasteiger partial charge in [-0.1, -0.05) is 29.8 Å². The molecule has 1 nitrogen and oxygen atoms in total. The van der Waals surface area contributed by atoms with Crippen molar-refractivity contribution in [2.45, 2.75) is 13.5 Å². The molecular formula is C12H13NS. The zero-order valence-corrected chi connectivity index (χ0v) is 8.97. The van der Waals surface area contributed by atoms with Crippen LogP contribution in [0.2, 0.25) is 0 Å². The van der Waals surface area contributed by atoms with Gasteiger partial charge in [0.1, 0.15) is 0 Å². The highest BCUT2D eigenvalue weighted by atomic mass is 32.1. The number of hydrogen-bond acceptors (Lipinski definition) is 2. The summed E-state index contributed by atoms with van der Waals surface area (Å²) >= 11 is 1.72. The largest absolute Gasteiger partial charge is 0.326 e. The van der Waals surface area contributed by atoms with Crippen LogP contribution in [0, 0.1) is 6.92 Å². The standard InChI is InChI=1S/C12H13NS/c1-9-2-4-10(5-3-9)11-6-12(7-13)14-8-11/h2-6,8H,7,13H2,1H3. The maximum Gasteiger partial charge on any atom is 0.0274 e. The van der Waals surface area contributed by atoms with E-state index in [0.29, 0.717) is 6.54 Å². The molecule has 1 heterocycles. The van der Waals surface area contributed by atoms with E-state index in [1.807, 2.05) is 0 Å². The lowest BCUT2D eigenvalue weighted by Crippen LogP contribution is -1.91. The molecule has 0 spiro atoms. The number of aryl methyl sites for hydroxylation is 1. The Morgan fingerprint density at radius 3 is 2.43 bits per heavy atom. The third kappa shape index (κ3) is 1.86. The van der Waals surface area contributed by atoms with Crippen LogP contribution in [0.25, 0.3) is 11.1 Å². The Balaban J connectivity index is 2.34. The molecule has 0 atom stereocenters. The summed E-state index contributed by atoms with van der Waals surface area (Å²) in [6.45, 7) is 2.74. The summed E-state index contributed by atoms with van der Waals surface area (Å²) in [7, 11) is 0. The van der Waals surface area contributed by atoms with Crippen LogP contribution in [0.5, 0.6) is 0 Å². The van der Waals surface area contributed by atoms with Gasteiger partial charge in [-0.3, -0.25) is 0 Å². The second-order valence-electron chi connectivity index (χ2n) is 3.37. The lowest BCUT2D eigenvalue weighted by molar-refractivity contribution is 1.11. The monoisotopic (exact) mass is 203 g/mol. The van der Waals surface area contributed by atoms with Crippen LogP contribution >= 0.6 is 11.3 Å². The molecule has 0 radical (unpaired) electrons. The van der Waals surface area contributed by atoms with E-state index in [9.17, 15) is 0 Å². The summed E-state index contributed by atoms with van der Waals surface area (Å²) in [5.74, 6) is 0. The number of nitrogens with two attached hydrogens (primary N) is 1. The first-order valence-electron chi connectivity index (χ1n) is 4.64. The summed E-state index contributed by atoms with van der Waals surface area (Å²) in [5, 5.41) is 2.16. The maximum absolute atomic E-state index is 5.58. The van der Waals surface area contributed by atoms with Crippen molar-refractivity contribution in [1.82, 2.24) is 0 Å². The highest BCUT2D eigenvalue weighted by Gasteiger charge is 2.00. The third-order valence-electron chi connectivity index (χ3n) is 2.24. The molecule has 0 aliphatic carbocycles. The van der Waals surface area contributed by atoms with Gasteiger partial charge in [-0.15, -0.1) is 11.3 Å². The molecule has 72 valence electrons. The van der Waals surface area contributed by atoms with Crippen molar-refractivity contribution in [3.8, 4) is 11.1 Å². The van der Waals surface area contributed by atoms with Gasteiger partial charge in [0.2, 0.25) is 0 Å². The molecule has 0 saturated heterocycles. The fourth-order valence-corrected chi connectivity index (χ4v) is 2.16. The van der Waals surface area contributed by atoms with E-state index in [0.717, 1.165) is 0 Å². The van der Waals surface area contributed by atoms with Gasteiger partial charge in [-0.05, 0) is 29.5 Å². The van der Waals surface area contributed by atoms with Crippen LogP contribution < -0.4 is 5.73 Å². The minimum absolute atomic E-state index is 0.635. The van der Waals surface area contributed by atoms with Crippen molar-refractivity contribution >= 4 is 11.3 Å². The Morgan fingerprint density at radius 1 is 1.14 bits per heavy atom. The molecule has 0 saturated carbocycles. The molecule has 2 heteroatoms. The quantitative estimate of drug-likeness (QED) is 0.797. The Bertz CT molecular complexity index is 414. The average molecular weight is 203 g/mol. The van der Waals surface area contributed by atoms with Gasteiger partial charge in [0.15, 0.2) is 0 Å². The van der Waals surface area contributed by atoms with Gasteiger partial charge in [-0.25, -0.2) is 0 Å². The Labute approximate surface area is 88.2 Å². The smallest absolute Gasteiger partial charge is 0.0274 e. The topological polar surface area (TPSA) is 26.0 Å². The van der Waals surface area contributed by atoms with Crippen LogP contribution in [0.1, 0.15) is 10.4 Å². The predicted octanol–water partition coefficient (Wildman–Crippen LogP) is 3.18. The van der Waals surface area contributed by atoms with Crippen molar-refractivity contribution in [3.63, 3.8) is 0 Å². The molecule has 2 N–H and O–H groups in total. The second kappa shape index (κ2) is 3.95. The molecule has 0 fully saturated rings. The van der Waals surface area contributed by atoms with E-state index in [1.54, 1.807) is 11.3 Å². The average Bonchev–Trinajstić information content (AvgIpc) is 2.67. The van der Waals surface area contributed by atoms with Crippen LogP contribution in [0.4, 0.5) is 0 Å². The van der Waals surface area contributed by atoms with Crippen molar-refractivity contribution in [2.24, 2.45) is 5.73 Å². The van der Waals surface area contributed by atoms with Gasteiger partial charge in [-0.2, -0.15) is 0 Å². The van der Waals surface area contributed by atoms with E-state index < -0.39 is 0 Å². The van der Waals surface area contributed by atoms with Crippen LogP contribution in [0.3, 0.4) is 0 Å². The molecule has 14 heavy (non-hydrogen) atoms. The molecule has 1 aromatic heterocycles. The van der Waals surface area contributed by atoms with Gasteiger partial charge < -0.3 is 5.73 Å². The van der Waals surface area contributed by atoms with Crippen molar-refractivity contribution < 1.29 is 0 Å². The molecule has 2 aromatic rings. The first kappa shape index (κ1) is 9.44. The number of thiophene rings is 1. The summed E-state index contributed by atoms with van der Waals surface area (Å²) < 4.78 is 0. The SMILES string of the molecule is Cc1ccc(-c2csc(CN)c2)cc1. The van der Waals surface area contributed by atoms with E-state index in [1.165, 1.54) is 21.6 Å². The fraction of sp³-hybridized carbons (Fsp3) is 0.167. The molecule has 0 amide bonds. The summed E-state index contributed by atoms with van der Waals surface area (Å²) in [6.07, 6.45) is 0. The zero-order valence-electron chi connectivity index (χ0n) is 8.16. The Hall–Kier alpha value is -1.12.